The Bertz CT molecular complexity index is 1860. The number of alkyl halides is 3. The second kappa shape index (κ2) is 11.2. The fourth-order valence-corrected chi connectivity index (χ4v) is 5.69. The summed E-state index contributed by atoms with van der Waals surface area (Å²) in [5.41, 5.74) is -3.01. The minimum absolute atomic E-state index is 0.0393. The number of nitrogens with one attached hydrogen (secondary N) is 1. The number of nitriles is 1. The number of thiazole rings is 1. The highest BCUT2D eigenvalue weighted by Crippen LogP contribution is 2.35. The SMILES string of the molecule is N#Cc1c(-c2ccc(O)c(=O)n2Cc2nccs2)nn(C(=O)c2ccccc2C(F)(F)F)c1NCc1ccc(Cl)s1. The molecular formula is C26H16ClF3N6O3S2. The fourth-order valence-electron chi connectivity index (χ4n) is 4.06. The highest BCUT2D eigenvalue weighted by molar-refractivity contribution is 7.16. The monoisotopic (exact) mass is 616 g/mol. The lowest BCUT2D eigenvalue weighted by molar-refractivity contribution is -0.137. The maximum absolute atomic E-state index is 13.8. The van der Waals surface area contributed by atoms with Crippen molar-refractivity contribution in [3.05, 3.63) is 101 Å². The molecule has 15 heteroatoms. The van der Waals surface area contributed by atoms with Crippen LogP contribution in [0.15, 0.2) is 64.9 Å². The molecule has 4 heterocycles. The second-order valence-electron chi connectivity index (χ2n) is 8.42. The lowest BCUT2D eigenvalue weighted by Gasteiger charge is -2.13. The molecule has 0 aliphatic rings. The summed E-state index contributed by atoms with van der Waals surface area (Å²) in [6, 6.07) is 12.0. The highest BCUT2D eigenvalue weighted by Gasteiger charge is 2.36. The number of halogens is 4. The van der Waals surface area contributed by atoms with Gasteiger partial charge in [0, 0.05) is 16.5 Å². The topological polar surface area (TPSA) is 126 Å². The van der Waals surface area contributed by atoms with Crippen LogP contribution in [0.2, 0.25) is 4.34 Å². The predicted molar refractivity (Wildman–Crippen MR) is 147 cm³/mol. The van der Waals surface area contributed by atoms with E-state index in [1.807, 2.05) is 6.07 Å². The van der Waals surface area contributed by atoms with Crippen LogP contribution in [0, 0.1) is 11.3 Å². The molecule has 4 aromatic heterocycles. The first-order valence-corrected chi connectivity index (χ1v) is 13.7. The van der Waals surface area contributed by atoms with Crippen molar-refractivity contribution in [1.82, 2.24) is 19.3 Å². The van der Waals surface area contributed by atoms with Gasteiger partial charge in [0.25, 0.3) is 11.5 Å². The number of carbonyl (C=O) groups excluding carboxylic acids is 1. The molecule has 0 spiro atoms. The molecule has 0 aliphatic heterocycles. The largest absolute Gasteiger partial charge is 0.503 e. The summed E-state index contributed by atoms with van der Waals surface area (Å²) in [6.07, 6.45) is -3.31. The third-order valence-corrected chi connectivity index (χ3v) is 7.88. The van der Waals surface area contributed by atoms with Crippen LogP contribution in [0.4, 0.5) is 19.0 Å². The average Bonchev–Trinajstić information content (AvgIpc) is 3.69. The maximum Gasteiger partial charge on any atom is 0.417 e. The van der Waals surface area contributed by atoms with E-state index in [4.69, 9.17) is 11.6 Å². The lowest BCUT2D eigenvalue weighted by Crippen LogP contribution is -2.23. The Hall–Kier alpha value is -4.45. The number of hydrogen-bond acceptors (Lipinski definition) is 9. The Morgan fingerprint density at radius 1 is 1.17 bits per heavy atom. The van der Waals surface area contributed by atoms with Crippen LogP contribution in [0.5, 0.6) is 5.75 Å². The van der Waals surface area contributed by atoms with Crippen molar-refractivity contribution >= 4 is 46.0 Å². The third-order valence-electron chi connectivity index (χ3n) is 5.88. The molecule has 5 rings (SSSR count). The number of carbonyl (C=O) groups is 1. The summed E-state index contributed by atoms with van der Waals surface area (Å²) in [6.45, 7) is -0.0355. The van der Waals surface area contributed by atoms with E-state index in [-0.39, 0.29) is 35.9 Å². The summed E-state index contributed by atoms with van der Waals surface area (Å²) in [5.74, 6) is -1.92. The minimum atomic E-state index is -4.84. The van der Waals surface area contributed by atoms with Crippen molar-refractivity contribution in [2.45, 2.75) is 19.3 Å². The van der Waals surface area contributed by atoms with Gasteiger partial charge in [0.15, 0.2) is 11.6 Å². The fraction of sp³-hybridized carbons (Fsp3) is 0.115. The van der Waals surface area contributed by atoms with Gasteiger partial charge >= 0.3 is 6.18 Å². The first-order chi connectivity index (χ1) is 19.6. The van der Waals surface area contributed by atoms with Crippen molar-refractivity contribution in [2.75, 3.05) is 5.32 Å². The van der Waals surface area contributed by atoms with Crippen LogP contribution < -0.4 is 10.9 Å². The summed E-state index contributed by atoms with van der Waals surface area (Å²) in [7, 11) is 0. The van der Waals surface area contributed by atoms with E-state index in [1.165, 1.54) is 41.0 Å². The summed E-state index contributed by atoms with van der Waals surface area (Å²) in [4.78, 5) is 31.5. The number of hydrogen-bond donors (Lipinski definition) is 2. The second-order valence-corrected chi connectivity index (χ2v) is 11.2. The normalized spacial score (nSPS) is 11.4. The third kappa shape index (κ3) is 5.60. The molecule has 1 aromatic carbocycles. The van der Waals surface area contributed by atoms with Crippen molar-refractivity contribution in [3.63, 3.8) is 0 Å². The number of nitrogens with zero attached hydrogens (tertiary/aromatic N) is 5. The van der Waals surface area contributed by atoms with Crippen LogP contribution in [0.1, 0.15) is 31.4 Å². The minimum Gasteiger partial charge on any atom is -0.503 e. The summed E-state index contributed by atoms with van der Waals surface area (Å²) in [5, 5.41) is 29.7. The molecule has 0 radical (unpaired) electrons. The molecule has 9 nitrogen and oxygen atoms in total. The molecule has 0 amide bonds. The van der Waals surface area contributed by atoms with Gasteiger partial charge in [0.05, 0.1) is 34.2 Å². The van der Waals surface area contributed by atoms with Crippen molar-refractivity contribution in [2.24, 2.45) is 0 Å². The zero-order chi connectivity index (χ0) is 29.3. The van der Waals surface area contributed by atoms with Gasteiger partial charge in [-0.15, -0.1) is 22.7 Å². The van der Waals surface area contributed by atoms with E-state index >= 15 is 0 Å². The average molecular weight is 617 g/mol. The van der Waals surface area contributed by atoms with Gasteiger partial charge in [-0.1, -0.05) is 23.7 Å². The molecule has 208 valence electrons. The number of aromatic nitrogens is 4. The van der Waals surface area contributed by atoms with Crippen LogP contribution in [-0.2, 0) is 19.3 Å². The Balaban J connectivity index is 1.71. The lowest BCUT2D eigenvalue weighted by atomic mass is 10.1. The molecule has 41 heavy (non-hydrogen) atoms. The summed E-state index contributed by atoms with van der Waals surface area (Å²) >= 11 is 8.48. The molecule has 2 N–H and O–H groups in total. The number of aromatic hydroxyl groups is 1. The van der Waals surface area contributed by atoms with Crippen molar-refractivity contribution < 1.29 is 23.1 Å². The molecule has 0 saturated carbocycles. The first-order valence-electron chi connectivity index (χ1n) is 11.6. The number of thiophene rings is 1. The van der Waals surface area contributed by atoms with E-state index in [0.717, 1.165) is 28.8 Å². The van der Waals surface area contributed by atoms with E-state index < -0.39 is 34.5 Å². The van der Waals surface area contributed by atoms with E-state index in [1.54, 1.807) is 17.5 Å². The van der Waals surface area contributed by atoms with Gasteiger partial charge in [-0.3, -0.25) is 14.2 Å². The molecule has 0 aliphatic carbocycles. The van der Waals surface area contributed by atoms with Crippen molar-refractivity contribution in [3.8, 4) is 23.2 Å². The zero-order valence-corrected chi connectivity index (χ0v) is 22.9. The standard InChI is InChI=1S/C26H16ClF3N6O3S2/c27-20-8-5-14(41-20)12-33-23-16(11-31)22(18-6-7-19(37)25(39)35(18)13-21-32-9-10-40-21)34-36(23)24(38)15-3-1-2-4-17(15)26(28,29)30/h1-10,33,37H,12-13H2. The Kier molecular flexibility index (Phi) is 7.68. The predicted octanol–water partition coefficient (Wildman–Crippen LogP) is 5.83. The Morgan fingerprint density at radius 2 is 1.95 bits per heavy atom. The quantitative estimate of drug-likeness (QED) is 0.236. The van der Waals surface area contributed by atoms with Crippen molar-refractivity contribution in [1.29, 1.82) is 5.26 Å². The van der Waals surface area contributed by atoms with E-state index in [9.17, 15) is 33.1 Å². The van der Waals surface area contributed by atoms with Gasteiger partial charge < -0.3 is 10.4 Å². The van der Waals surface area contributed by atoms with Crippen LogP contribution in [-0.4, -0.2) is 30.3 Å². The molecule has 0 unspecified atom stereocenters. The molecule has 0 bridgehead atoms. The molecule has 5 aromatic rings. The van der Waals surface area contributed by atoms with Gasteiger partial charge in [0.1, 0.15) is 22.3 Å². The van der Waals surface area contributed by atoms with Gasteiger partial charge in [-0.2, -0.15) is 28.2 Å². The number of rotatable bonds is 7. The van der Waals surface area contributed by atoms with Crippen LogP contribution in [0.3, 0.4) is 0 Å². The van der Waals surface area contributed by atoms with Crippen LogP contribution in [0.25, 0.3) is 11.4 Å². The zero-order valence-electron chi connectivity index (χ0n) is 20.5. The molecular weight excluding hydrogens is 601 g/mol. The molecule has 0 saturated heterocycles. The number of benzene rings is 1. The van der Waals surface area contributed by atoms with E-state index in [2.05, 4.69) is 15.4 Å². The number of anilines is 1. The first kappa shape index (κ1) is 28.1. The number of pyridine rings is 1. The maximum atomic E-state index is 13.8. The van der Waals surface area contributed by atoms with E-state index in [0.29, 0.717) is 18.9 Å². The summed E-state index contributed by atoms with van der Waals surface area (Å²) < 4.78 is 43.7. The highest BCUT2D eigenvalue weighted by atomic mass is 35.5. The molecule has 0 fully saturated rings. The van der Waals surface area contributed by atoms with Gasteiger partial charge in [-0.05, 0) is 36.4 Å². The van der Waals surface area contributed by atoms with Gasteiger partial charge in [0.2, 0.25) is 0 Å². The van der Waals surface area contributed by atoms with Gasteiger partial charge in [-0.25, -0.2) is 4.98 Å². The van der Waals surface area contributed by atoms with Crippen LogP contribution >= 0.6 is 34.3 Å². The Morgan fingerprint density at radius 3 is 2.61 bits per heavy atom. The smallest absolute Gasteiger partial charge is 0.417 e. The Labute approximate surface area is 242 Å². The molecule has 0 atom stereocenters.